The second-order valence-electron chi connectivity index (χ2n) is 10.9. The number of hydrogen-bond acceptors (Lipinski definition) is 3. The number of anilines is 1. The molecule has 1 aliphatic heterocycles. The molecule has 0 fully saturated rings. The molecule has 0 aliphatic carbocycles. The normalized spacial score (nSPS) is 16.7. The minimum atomic E-state index is -1.37. The van der Waals surface area contributed by atoms with Gasteiger partial charge in [-0.25, -0.2) is 9.78 Å². The van der Waals surface area contributed by atoms with Gasteiger partial charge in [-0.1, -0.05) is 69.3 Å². The highest BCUT2D eigenvalue weighted by Crippen LogP contribution is 2.36. The van der Waals surface area contributed by atoms with Crippen molar-refractivity contribution in [2.75, 3.05) is 11.9 Å². The molecule has 4 rings (SSSR count). The van der Waals surface area contributed by atoms with Crippen LogP contribution in [0.1, 0.15) is 37.7 Å². The van der Waals surface area contributed by atoms with Gasteiger partial charge in [-0.3, -0.25) is 4.90 Å². The number of hydrogen-bond donors (Lipinski definition) is 0. The topological polar surface area (TPSA) is 50.6 Å². The number of carbonyl (C=O) groups is 1. The summed E-state index contributed by atoms with van der Waals surface area (Å²) in [5, 5.41) is 0. The molecule has 0 saturated carbocycles. The Hall–Kier alpha value is -2.42. The summed E-state index contributed by atoms with van der Waals surface area (Å²) in [6.07, 6.45) is 0.599. The average molecular weight is 570 g/mol. The summed E-state index contributed by atoms with van der Waals surface area (Å²) in [4.78, 5) is 22.6. The van der Waals surface area contributed by atoms with Crippen LogP contribution in [0.15, 0.2) is 65.4 Å². The van der Waals surface area contributed by atoms with Crippen LogP contribution >= 0.6 is 15.9 Å². The first-order valence-corrected chi connectivity index (χ1v) is 16.2. The third kappa shape index (κ3) is 5.76. The van der Waals surface area contributed by atoms with Crippen molar-refractivity contribution in [3.8, 4) is 0 Å². The van der Waals surface area contributed by atoms with Crippen molar-refractivity contribution in [3.63, 3.8) is 0 Å². The van der Waals surface area contributed by atoms with Crippen LogP contribution < -0.4 is 4.90 Å². The third-order valence-corrected chi connectivity index (χ3v) is 8.16. The van der Waals surface area contributed by atoms with E-state index in [2.05, 4.69) is 78.6 Å². The van der Waals surface area contributed by atoms with E-state index in [4.69, 9.17) is 9.41 Å². The highest BCUT2D eigenvalue weighted by Gasteiger charge is 2.44. The lowest BCUT2D eigenvalue weighted by Gasteiger charge is -2.46. The van der Waals surface area contributed by atoms with Gasteiger partial charge >= 0.3 is 6.03 Å². The zero-order valence-corrected chi connectivity index (χ0v) is 24.9. The maximum atomic E-state index is 14.0. The maximum Gasteiger partial charge on any atom is 0.324 e. The number of nitrogens with zero attached hydrogens (tertiary/aromatic N) is 4. The molecule has 3 aromatic rings. The lowest BCUT2D eigenvalue weighted by molar-refractivity contribution is 0.00456. The zero-order chi connectivity index (χ0) is 26.0. The predicted molar refractivity (Wildman–Crippen MR) is 152 cm³/mol. The van der Waals surface area contributed by atoms with Crippen LogP contribution in [0.2, 0.25) is 13.1 Å². The number of fused-ring (bicyclic) bond motifs is 1. The summed E-state index contributed by atoms with van der Waals surface area (Å²) < 4.78 is 9.73. The van der Waals surface area contributed by atoms with Crippen LogP contribution in [0.3, 0.4) is 0 Å². The second kappa shape index (κ2) is 10.9. The number of aromatic nitrogens is 2. The number of amides is 2. The van der Waals surface area contributed by atoms with E-state index in [0.717, 1.165) is 22.7 Å². The summed E-state index contributed by atoms with van der Waals surface area (Å²) in [6.45, 7) is 12.2. The van der Waals surface area contributed by atoms with Crippen molar-refractivity contribution in [2.45, 2.75) is 65.5 Å². The van der Waals surface area contributed by atoms with E-state index >= 15 is 0 Å². The number of benzene rings is 2. The average Bonchev–Trinajstić information content (AvgIpc) is 3.15. The summed E-state index contributed by atoms with van der Waals surface area (Å²) in [7, 11) is 0.471. The lowest BCUT2D eigenvalue weighted by Crippen LogP contribution is -2.58. The second-order valence-corrected chi connectivity index (χ2v) is 14.0. The highest BCUT2D eigenvalue weighted by molar-refractivity contribution is 9.10. The number of rotatable bonds is 6. The molecule has 2 heterocycles. The molecule has 8 heteroatoms. The van der Waals surface area contributed by atoms with Gasteiger partial charge in [0.2, 0.25) is 0 Å². The molecule has 0 radical (unpaired) electrons. The van der Waals surface area contributed by atoms with E-state index in [-0.39, 0.29) is 23.6 Å². The fourth-order valence-electron chi connectivity index (χ4n) is 4.97. The Morgan fingerprint density at radius 3 is 2.33 bits per heavy atom. The predicted octanol–water partition coefficient (Wildman–Crippen LogP) is 6.09. The van der Waals surface area contributed by atoms with Crippen LogP contribution in [-0.2, 0) is 23.9 Å². The maximum absolute atomic E-state index is 14.0. The van der Waals surface area contributed by atoms with Crippen LogP contribution in [0, 0.1) is 5.41 Å². The van der Waals surface area contributed by atoms with Gasteiger partial charge in [-0.2, -0.15) is 0 Å². The molecular weight excluding hydrogens is 532 g/mol. The lowest BCUT2D eigenvalue weighted by atomic mass is 9.81. The van der Waals surface area contributed by atoms with E-state index in [0.29, 0.717) is 13.0 Å². The van der Waals surface area contributed by atoms with Crippen molar-refractivity contribution in [3.05, 3.63) is 82.3 Å². The first kappa shape index (κ1) is 26.6. The number of urea groups is 1. The fourth-order valence-corrected chi connectivity index (χ4v) is 6.70. The Morgan fingerprint density at radius 1 is 1.14 bits per heavy atom. The van der Waals surface area contributed by atoms with Crippen LogP contribution in [-0.4, -0.2) is 48.7 Å². The van der Waals surface area contributed by atoms with Crippen molar-refractivity contribution in [1.82, 2.24) is 14.5 Å². The molecule has 1 aliphatic rings. The Labute approximate surface area is 225 Å². The summed E-state index contributed by atoms with van der Waals surface area (Å²) >= 11 is 3.71. The number of halogens is 1. The van der Waals surface area contributed by atoms with Gasteiger partial charge in [0.05, 0.1) is 24.4 Å². The molecule has 1 unspecified atom stereocenters. The van der Waals surface area contributed by atoms with Gasteiger partial charge in [-0.15, -0.1) is 0 Å². The molecule has 0 saturated heterocycles. The monoisotopic (exact) mass is 568 g/mol. The van der Waals surface area contributed by atoms with E-state index in [9.17, 15) is 4.79 Å². The van der Waals surface area contributed by atoms with Gasteiger partial charge in [0.1, 0.15) is 0 Å². The van der Waals surface area contributed by atoms with E-state index in [1.165, 1.54) is 11.3 Å². The summed E-state index contributed by atoms with van der Waals surface area (Å²) in [6, 6.07) is 20.1. The molecule has 0 N–H and O–H groups in total. The SMILES string of the molecule is CN(C(=O)N1Cc2nc(Br)n(Cc3ccccc3)c2C[C@H]1C(O[SiH](C)C)C(C)(C)C)c1ccccc1. The molecule has 0 spiro atoms. The molecule has 2 atom stereocenters. The van der Waals surface area contributed by atoms with Gasteiger partial charge in [-0.05, 0) is 52.1 Å². The zero-order valence-electron chi connectivity index (χ0n) is 22.1. The van der Waals surface area contributed by atoms with Crippen LogP contribution in [0.25, 0.3) is 0 Å². The molecular formula is C28H37BrN4O2Si. The van der Waals surface area contributed by atoms with E-state index in [1.54, 1.807) is 4.90 Å². The molecule has 6 nitrogen and oxygen atoms in total. The van der Waals surface area contributed by atoms with Crippen LogP contribution in [0.4, 0.5) is 10.5 Å². The van der Waals surface area contributed by atoms with Gasteiger partial charge in [0, 0.05) is 31.4 Å². The Morgan fingerprint density at radius 2 is 1.75 bits per heavy atom. The Balaban J connectivity index is 1.75. The minimum absolute atomic E-state index is 0.0335. The standard InChI is InChI=1S/C28H37BrN4O2Si/c1-28(2,3)25(35-36(5)6)24-17-23-22(30-26(29)32(23)18-20-13-9-7-10-14-20)19-33(24)27(34)31(4)21-15-11-8-12-16-21/h7-16,24-25,36H,17-19H2,1-6H3/t24-,25?/m0/s1. The number of carbonyl (C=O) groups excluding carboxylic acids is 1. The van der Waals surface area contributed by atoms with Crippen molar-refractivity contribution in [1.29, 1.82) is 0 Å². The third-order valence-electron chi connectivity index (χ3n) is 6.71. The van der Waals surface area contributed by atoms with E-state index in [1.807, 2.05) is 48.3 Å². The quantitative estimate of drug-likeness (QED) is 0.338. The number of imidazole rings is 1. The van der Waals surface area contributed by atoms with Gasteiger partial charge in [0.15, 0.2) is 13.8 Å². The summed E-state index contributed by atoms with van der Waals surface area (Å²) in [5.74, 6) is 0. The first-order valence-electron chi connectivity index (χ1n) is 12.6. The van der Waals surface area contributed by atoms with Crippen molar-refractivity contribution in [2.24, 2.45) is 5.41 Å². The van der Waals surface area contributed by atoms with Crippen molar-refractivity contribution >= 4 is 36.7 Å². The molecule has 192 valence electrons. The van der Waals surface area contributed by atoms with E-state index < -0.39 is 9.04 Å². The summed E-state index contributed by atoms with van der Waals surface area (Å²) in [5.41, 5.74) is 4.07. The van der Waals surface area contributed by atoms with Crippen LogP contribution in [0.5, 0.6) is 0 Å². The largest absolute Gasteiger partial charge is 0.415 e. The minimum Gasteiger partial charge on any atom is -0.415 e. The highest BCUT2D eigenvalue weighted by atomic mass is 79.9. The molecule has 0 bridgehead atoms. The molecule has 36 heavy (non-hydrogen) atoms. The van der Waals surface area contributed by atoms with Gasteiger partial charge in [0.25, 0.3) is 0 Å². The van der Waals surface area contributed by atoms with Gasteiger partial charge < -0.3 is 13.9 Å². The first-order chi connectivity index (χ1) is 17.1. The smallest absolute Gasteiger partial charge is 0.324 e. The molecule has 1 aromatic heterocycles. The number of para-hydroxylation sites is 1. The van der Waals surface area contributed by atoms with Crippen molar-refractivity contribution < 1.29 is 9.22 Å². The molecule has 2 aromatic carbocycles. The molecule has 2 amide bonds. The fraction of sp³-hybridized carbons (Fsp3) is 0.429. The Kier molecular flexibility index (Phi) is 8.07. The Bertz CT molecular complexity index is 1180.